The summed E-state index contributed by atoms with van der Waals surface area (Å²) in [4.78, 5) is 5.29. The van der Waals surface area contributed by atoms with Gasteiger partial charge in [-0.3, -0.25) is 0 Å². The molecule has 0 N–H and O–H groups in total. The fraction of sp³-hybridized carbons (Fsp3) is 0.364. The second-order valence-electron chi connectivity index (χ2n) is 3.70. The molecule has 1 saturated heterocycles. The molecule has 3 nitrogen and oxygen atoms in total. The van der Waals surface area contributed by atoms with Crippen LogP contribution in [0.5, 0.6) is 0 Å². The average Bonchev–Trinajstić information content (AvgIpc) is 2.82. The quantitative estimate of drug-likeness (QED) is 0.733. The lowest BCUT2D eigenvalue weighted by atomic mass is 10.2. The topological polar surface area (TPSA) is 31.4 Å². The van der Waals surface area contributed by atoms with E-state index in [1.165, 1.54) is 0 Å². The van der Waals surface area contributed by atoms with E-state index in [2.05, 4.69) is 11.1 Å². The molecule has 0 atom stereocenters. The number of ether oxygens (including phenoxy) is 2. The molecule has 0 spiro atoms. The molecule has 3 rings (SSSR count). The normalized spacial score (nSPS) is 17.4. The van der Waals surface area contributed by atoms with E-state index in [4.69, 9.17) is 21.1 Å². The summed E-state index contributed by atoms with van der Waals surface area (Å²) in [5, 5.41) is 1.67. The number of hydrogen-bond donors (Lipinski definition) is 0. The van der Waals surface area contributed by atoms with Crippen LogP contribution in [0.4, 0.5) is 0 Å². The lowest BCUT2D eigenvalue weighted by Gasteiger charge is -2.03. The molecule has 84 valence electrons. The van der Waals surface area contributed by atoms with Crippen molar-refractivity contribution < 1.29 is 9.47 Å². The standard InChI is InChI=1S/C11H10ClNO2S/c1-6-4-7-5-8(11-14-2-3-15-11)16-9(7)10(12)13-6/h4-5,11H,2-3H2,1H3. The Balaban J connectivity index is 2.11. The van der Waals surface area contributed by atoms with E-state index in [0.29, 0.717) is 18.4 Å². The van der Waals surface area contributed by atoms with Crippen LogP contribution in [-0.2, 0) is 9.47 Å². The van der Waals surface area contributed by atoms with E-state index >= 15 is 0 Å². The van der Waals surface area contributed by atoms with Gasteiger partial charge in [-0.05, 0) is 24.4 Å². The molecule has 0 aromatic carbocycles. The van der Waals surface area contributed by atoms with Crippen LogP contribution in [0.2, 0.25) is 5.15 Å². The van der Waals surface area contributed by atoms with Crippen molar-refractivity contribution in [3.8, 4) is 0 Å². The molecule has 1 aliphatic rings. The molecule has 0 bridgehead atoms. The van der Waals surface area contributed by atoms with Crippen molar-refractivity contribution in [1.82, 2.24) is 4.98 Å². The summed E-state index contributed by atoms with van der Waals surface area (Å²) in [7, 11) is 0. The van der Waals surface area contributed by atoms with E-state index in [1.54, 1.807) is 11.3 Å². The maximum atomic E-state index is 6.10. The highest BCUT2D eigenvalue weighted by molar-refractivity contribution is 7.19. The van der Waals surface area contributed by atoms with Gasteiger partial charge in [-0.1, -0.05) is 11.6 Å². The molecule has 1 aliphatic heterocycles. The Hall–Kier alpha value is -0.680. The van der Waals surface area contributed by atoms with E-state index < -0.39 is 0 Å². The van der Waals surface area contributed by atoms with Crippen LogP contribution in [0, 0.1) is 6.92 Å². The van der Waals surface area contributed by atoms with Gasteiger partial charge in [0.15, 0.2) is 6.29 Å². The van der Waals surface area contributed by atoms with Crippen molar-refractivity contribution in [2.24, 2.45) is 0 Å². The van der Waals surface area contributed by atoms with Crippen molar-refractivity contribution in [3.05, 3.63) is 27.9 Å². The summed E-state index contributed by atoms with van der Waals surface area (Å²) < 4.78 is 11.9. The first-order valence-corrected chi connectivity index (χ1v) is 6.23. The highest BCUT2D eigenvalue weighted by Crippen LogP contribution is 2.36. The molecular weight excluding hydrogens is 246 g/mol. The Morgan fingerprint density at radius 2 is 2.12 bits per heavy atom. The molecule has 0 saturated carbocycles. The van der Waals surface area contributed by atoms with E-state index in [1.807, 2.05) is 13.0 Å². The number of nitrogens with zero attached hydrogens (tertiary/aromatic N) is 1. The van der Waals surface area contributed by atoms with Crippen LogP contribution in [0.1, 0.15) is 16.9 Å². The number of pyridine rings is 1. The highest BCUT2D eigenvalue weighted by atomic mass is 35.5. The number of aromatic nitrogens is 1. The predicted octanol–water partition coefficient (Wildman–Crippen LogP) is 3.30. The van der Waals surface area contributed by atoms with E-state index in [-0.39, 0.29) is 6.29 Å². The largest absolute Gasteiger partial charge is 0.345 e. The van der Waals surface area contributed by atoms with Gasteiger partial charge in [-0.2, -0.15) is 0 Å². The van der Waals surface area contributed by atoms with Gasteiger partial charge in [0.1, 0.15) is 5.15 Å². The third-order valence-electron chi connectivity index (χ3n) is 2.46. The maximum absolute atomic E-state index is 6.10. The second-order valence-corrected chi connectivity index (χ2v) is 5.14. The second kappa shape index (κ2) is 3.96. The minimum Gasteiger partial charge on any atom is -0.345 e. The number of rotatable bonds is 1. The number of halogens is 1. The van der Waals surface area contributed by atoms with Crippen molar-refractivity contribution in [2.75, 3.05) is 13.2 Å². The van der Waals surface area contributed by atoms with Crippen LogP contribution in [-0.4, -0.2) is 18.2 Å². The molecule has 0 aliphatic carbocycles. The zero-order chi connectivity index (χ0) is 11.1. The molecule has 0 unspecified atom stereocenters. The van der Waals surface area contributed by atoms with Crippen molar-refractivity contribution in [2.45, 2.75) is 13.2 Å². The Bertz CT molecular complexity index is 534. The first-order chi connectivity index (χ1) is 7.74. The SMILES string of the molecule is Cc1cc2cc(C3OCCO3)sc2c(Cl)n1. The monoisotopic (exact) mass is 255 g/mol. The minimum absolute atomic E-state index is 0.228. The molecule has 16 heavy (non-hydrogen) atoms. The van der Waals surface area contributed by atoms with Crippen LogP contribution in [0.15, 0.2) is 12.1 Å². The van der Waals surface area contributed by atoms with Crippen LogP contribution < -0.4 is 0 Å². The highest BCUT2D eigenvalue weighted by Gasteiger charge is 2.21. The summed E-state index contributed by atoms with van der Waals surface area (Å²) in [5.41, 5.74) is 0.926. The van der Waals surface area contributed by atoms with Gasteiger partial charge in [0.05, 0.1) is 22.8 Å². The van der Waals surface area contributed by atoms with Crippen LogP contribution >= 0.6 is 22.9 Å². The van der Waals surface area contributed by atoms with Gasteiger partial charge in [-0.25, -0.2) is 4.98 Å². The van der Waals surface area contributed by atoms with Crippen molar-refractivity contribution >= 4 is 33.0 Å². The van der Waals surface area contributed by atoms with E-state index in [9.17, 15) is 0 Å². The Morgan fingerprint density at radius 1 is 1.38 bits per heavy atom. The van der Waals surface area contributed by atoms with Crippen LogP contribution in [0.25, 0.3) is 10.1 Å². The molecule has 2 aromatic rings. The predicted molar refractivity (Wildman–Crippen MR) is 64.0 cm³/mol. The number of thiophene rings is 1. The molecular formula is C11H10ClNO2S. The lowest BCUT2D eigenvalue weighted by Crippen LogP contribution is -1.93. The molecule has 0 radical (unpaired) electrons. The zero-order valence-corrected chi connectivity index (χ0v) is 10.3. The summed E-state index contributed by atoms with van der Waals surface area (Å²) in [6.07, 6.45) is -0.228. The smallest absolute Gasteiger partial charge is 0.193 e. The fourth-order valence-electron chi connectivity index (χ4n) is 1.80. The summed E-state index contributed by atoms with van der Waals surface area (Å²) in [6.45, 7) is 3.25. The Kier molecular flexibility index (Phi) is 2.59. The summed E-state index contributed by atoms with van der Waals surface area (Å²) >= 11 is 7.69. The number of aryl methyl sites for hydroxylation is 1. The molecule has 0 amide bonds. The van der Waals surface area contributed by atoms with Gasteiger partial charge in [0, 0.05) is 5.69 Å². The minimum atomic E-state index is -0.228. The first kappa shape index (κ1) is 10.5. The molecule has 5 heteroatoms. The number of fused-ring (bicyclic) bond motifs is 1. The average molecular weight is 256 g/mol. The van der Waals surface area contributed by atoms with Gasteiger partial charge in [0.2, 0.25) is 0 Å². The Morgan fingerprint density at radius 3 is 2.88 bits per heavy atom. The van der Waals surface area contributed by atoms with Gasteiger partial charge in [-0.15, -0.1) is 11.3 Å². The van der Waals surface area contributed by atoms with Gasteiger partial charge >= 0.3 is 0 Å². The molecule has 2 aromatic heterocycles. The van der Waals surface area contributed by atoms with Gasteiger partial charge in [0.25, 0.3) is 0 Å². The first-order valence-electron chi connectivity index (χ1n) is 5.04. The van der Waals surface area contributed by atoms with Gasteiger partial charge < -0.3 is 9.47 Å². The molecule has 1 fully saturated rings. The van der Waals surface area contributed by atoms with E-state index in [0.717, 1.165) is 20.7 Å². The molecule has 3 heterocycles. The fourth-order valence-corrected chi connectivity index (χ4v) is 3.17. The zero-order valence-electron chi connectivity index (χ0n) is 8.70. The van der Waals surface area contributed by atoms with Crippen molar-refractivity contribution in [3.63, 3.8) is 0 Å². The summed E-state index contributed by atoms with van der Waals surface area (Å²) in [5.74, 6) is 0. The lowest BCUT2D eigenvalue weighted by molar-refractivity contribution is -0.0412. The summed E-state index contributed by atoms with van der Waals surface area (Å²) in [6, 6.07) is 4.09. The Labute approximate surface area is 102 Å². The third kappa shape index (κ3) is 1.72. The number of hydrogen-bond acceptors (Lipinski definition) is 4. The van der Waals surface area contributed by atoms with Crippen LogP contribution in [0.3, 0.4) is 0 Å². The van der Waals surface area contributed by atoms with Crippen molar-refractivity contribution in [1.29, 1.82) is 0 Å². The maximum Gasteiger partial charge on any atom is 0.193 e. The third-order valence-corrected chi connectivity index (χ3v) is 4.02.